The number of esters is 1. The van der Waals surface area contributed by atoms with Crippen molar-refractivity contribution in [2.75, 3.05) is 0 Å². The van der Waals surface area contributed by atoms with Crippen molar-refractivity contribution >= 4 is 29.2 Å². The number of aliphatic hydroxyl groups excluding tert-OH is 1. The summed E-state index contributed by atoms with van der Waals surface area (Å²) in [5, 5.41) is 13.2. The lowest BCUT2D eigenvalue weighted by molar-refractivity contribution is -0.150. The van der Waals surface area contributed by atoms with Crippen molar-refractivity contribution in [3.05, 3.63) is 33.3 Å². The molecule has 32 heavy (non-hydrogen) atoms. The summed E-state index contributed by atoms with van der Waals surface area (Å²) in [6.07, 6.45) is 5.60. The summed E-state index contributed by atoms with van der Waals surface area (Å²) in [4.78, 5) is 29.6. The van der Waals surface area contributed by atoms with Crippen LogP contribution in [0.3, 0.4) is 0 Å². The maximum atomic E-state index is 12.6. The number of carbonyl (C=O) groups excluding carboxylic acids is 2. The molecule has 0 spiro atoms. The molecule has 0 amide bonds. The smallest absolute Gasteiger partial charge is 0.309 e. The number of Topliss-reactive ketones (excluding diaryl/α,β-unsaturated/α-hetero) is 1. The minimum absolute atomic E-state index is 0.0106. The van der Waals surface area contributed by atoms with Crippen LogP contribution in [0, 0.1) is 18.8 Å². The number of ketones is 1. The molecule has 2 rings (SSSR count). The number of hydrogen-bond acceptors (Lipinski definition) is 7. The van der Waals surface area contributed by atoms with Gasteiger partial charge in [0.05, 0.1) is 29.3 Å². The van der Waals surface area contributed by atoms with Gasteiger partial charge in [-0.3, -0.25) is 9.59 Å². The molecule has 1 aliphatic heterocycles. The van der Waals surface area contributed by atoms with Crippen LogP contribution in [0.1, 0.15) is 76.9 Å². The van der Waals surface area contributed by atoms with Crippen molar-refractivity contribution in [1.82, 2.24) is 4.98 Å². The first-order valence-corrected chi connectivity index (χ1v) is 12.4. The molecular weight excluding hydrogens is 424 g/mol. The predicted molar refractivity (Wildman–Crippen MR) is 129 cm³/mol. The molecule has 1 unspecified atom stereocenters. The molecule has 0 radical (unpaired) electrons. The van der Waals surface area contributed by atoms with Gasteiger partial charge < -0.3 is 15.6 Å². The molecule has 1 aliphatic rings. The van der Waals surface area contributed by atoms with Crippen LogP contribution in [0.4, 0.5) is 0 Å². The zero-order valence-corrected chi connectivity index (χ0v) is 20.8. The number of aromatic nitrogens is 1. The normalized spacial score (nSPS) is 31.7. The molecule has 178 valence electrons. The molecule has 6 nitrogen and oxygen atoms in total. The number of allylic oxidation sites excluding steroid dienone is 1. The Kier molecular flexibility index (Phi) is 10.3. The van der Waals surface area contributed by atoms with Gasteiger partial charge in [0.25, 0.3) is 0 Å². The monoisotopic (exact) mass is 462 g/mol. The molecular formula is C25H38N2O4S. The Hall–Kier alpha value is -1.83. The molecule has 5 atom stereocenters. The van der Waals surface area contributed by atoms with E-state index in [9.17, 15) is 14.7 Å². The maximum absolute atomic E-state index is 12.6. The van der Waals surface area contributed by atoms with E-state index in [1.54, 1.807) is 11.3 Å². The number of nitrogens with two attached hydrogens (primary N) is 1. The van der Waals surface area contributed by atoms with Gasteiger partial charge in [0, 0.05) is 17.7 Å². The first-order valence-electron chi connectivity index (χ1n) is 11.5. The zero-order valence-electron chi connectivity index (χ0n) is 20.0. The van der Waals surface area contributed by atoms with Crippen molar-refractivity contribution in [3.63, 3.8) is 0 Å². The first kappa shape index (κ1) is 26.4. The van der Waals surface area contributed by atoms with Crippen LogP contribution < -0.4 is 5.73 Å². The van der Waals surface area contributed by atoms with E-state index in [0.29, 0.717) is 5.92 Å². The summed E-state index contributed by atoms with van der Waals surface area (Å²) < 4.78 is 5.73. The van der Waals surface area contributed by atoms with Crippen LogP contribution in [0.15, 0.2) is 22.6 Å². The van der Waals surface area contributed by atoms with Crippen LogP contribution in [0.25, 0.3) is 6.08 Å². The van der Waals surface area contributed by atoms with E-state index < -0.39 is 24.2 Å². The highest BCUT2D eigenvalue weighted by atomic mass is 32.1. The summed E-state index contributed by atoms with van der Waals surface area (Å²) in [5.41, 5.74) is 9.21. The van der Waals surface area contributed by atoms with Crippen molar-refractivity contribution in [3.8, 4) is 0 Å². The Labute approximate surface area is 196 Å². The fourth-order valence-corrected chi connectivity index (χ4v) is 4.78. The van der Waals surface area contributed by atoms with E-state index in [1.807, 2.05) is 45.2 Å². The predicted octanol–water partition coefficient (Wildman–Crippen LogP) is 4.60. The van der Waals surface area contributed by atoms with E-state index in [1.165, 1.54) is 0 Å². The summed E-state index contributed by atoms with van der Waals surface area (Å²) in [5.74, 6) is -0.284. The van der Waals surface area contributed by atoms with Crippen LogP contribution in [0.5, 0.6) is 0 Å². The number of rotatable bonds is 2. The Morgan fingerprint density at radius 2 is 2.00 bits per heavy atom. The highest BCUT2D eigenvalue weighted by Crippen LogP contribution is 2.24. The summed E-state index contributed by atoms with van der Waals surface area (Å²) in [6.45, 7) is 9.92. The Balaban J connectivity index is 2.27. The number of cyclic esters (lactones) is 1. The van der Waals surface area contributed by atoms with Gasteiger partial charge in [-0.25, -0.2) is 4.98 Å². The van der Waals surface area contributed by atoms with E-state index in [-0.39, 0.29) is 24.5 Å². The largest absolute Gasteiger partial charge is 0.456 e. The van der Waals surface area contributed by atoms with Crippen LogP contribution >= 0.6 is 11.3 Å². The molecule has 1 aromatic rings. The molecule has 0 saturated heterocycles. The Morgan fingerprint density at radius 1 is 1.28 bits per heavy atom. The second-order valence-corrected chi connectivity index (χ2v) is 10.4. The number of carbonyl (C=O) groups is 2. The minimum atomic E-state index is -1.06. The van der Waals surface area contributed by atoms with Gasteiger partial charge >= 0.3 is 5.97 Å². The van der Waals surface area contributed by atoms with E-state index in [4.69, 9.17) is 10.5 Å². The standard InChI is InChI=1S/C25H38N2O4S/c1-15-7-6-8-16(2)10-22(26)25(18(4)11-20-14-32-19(5)27-20)31-24(30)13-21(28)12-23(29)17(3)9-15/h10-11,14-15,17,21-22,25,28H,6-9,12-13,26H2,1-5H3/b16-10-,18-11+/t15-,17+,21+,22?,25+/m0/s1. The third kappa shape index (κ3) is 8.60. The lowest BCUT2D eigenvalue weighted by Crippen LogP contribution is -2.38. The molecule has 1 aromatic heterocycles. The number of aryl methyl sites for hydroxylation is 1. The van der Waals surface area contributed by atoms with Crippen molar-refractivity contribution in [2.45, 2.75) is 91.4 Å². The lowest BCUT2D eigenvalue weighted by Gasteiger charge is -2.25. The molecule has 2 heterocycles. The second kappa shape index (κ2) is 12.4. The summed E-state index contributed by atoms with van der Waals surface area (Å²) in [7, 11) is 0. The van der Waals surface area contributed by atoms with Gasteiger partial charge in [-0.1, -0.05) is 31.9 Å². The Morgan fingerprint density at radius 3 is 2.66 bits per heavy atom. The molecule has 0 fully saturated rings. The molecule has 3 N–H and O–H groups in total. The number of thiazole rings is 1. The third-order valence-corrected chi connectivity index (χ3v) is 6.75. The van der Waals surface area contributed by atoms with Crippen LogP contribution in [-0.4, -0.2) is 40.1 Å². The van der Waals surface area contributed by atoms with Crippen molar-refractivity contribution in [1.29, 1.82) is 0 Å². The van der Waals surface area contributed by atoms with Gasteiger partial charge in [0.1, 0.15) is 11.9 Å². The summed E-state index contributed by atoms with van der Waals surface area (Å²) in [6, 6.07) is -0.515. The van der Waals surface area contributed by atoms with Gasteiger partial charge in [0.15, 0.2) is 0 Å². The zero-order chi connectivity index (χ0) is 23.8. The SMILES string of the molecule is C/C1=C/C(N)[C@@H](/C(C)=C/c2csc(C)n2)OC(=O)C[C@H](O)CC(=O)[C@H](C)C[C@@H](C)CCC1. The summed E-state index contributed by atoms with van der Waals surface area (Å²) >= 11 is 1.55. The fourth-order valence-electron chi connectivity index (χ4n) is 4.21. The number of aliphatic hydroxyl groups is 1. The second-order valence-electron chi connectivity index (χ2n) is 9.34. The molecule has 0 aliphatic carbocycles. The molecule has 0 bridgehead atoms. The third-order valence-electron chi connectivity index (χ3n) is 5.96. The van der Waals surface area contributed by atoms with E-state index >= 15 is 0 Å². The molecule has 0 saturated carbocycles. The van der Waals surface area contributed by atoms with Crippen molar-refractivity contribution < 1.29 is 19.4 Å². The molecule has 7 heteroatoms. The first-order chi connectivity index (χ1) is 15.0. The van der Waals surface area contributed by atoms with Crippen molar-refractivity contribution in [2.24, 2.45) is 17.6 Å². The van der Waals surface area contributed by atoms with Gasteiger partial charge in [0.2, 0.25) is 0 Å². The number of nitrogens with zero attached hydrogens (tertiary/aromatic N) is 1. The van der Waals surface area contributed by atoms with E-state index in [2.05, 4.69) is 11.9 Å². The highest BCUT2D eigenvalue weighted by molar-refractivity contribution is 7.09. The number of ether oxygens (including phenoxy) is 1. The quantitative estimate of drug-likeness (QED) is 0.492. The van der Waals surface area contributed by atoms with E-state index in [0.717, 1.165) is 47.5 Å². The Bertz CT molecular complexity index is 845. The highest BCUT2D eigenvalue weighted by Gasteiger charge is 2.26. The van der Waals surface area contributed by atoms with Gasteiger partial charge in [-0.2, -0.15) is 0 Å². The number of hydrogen-bond donors (Lipinski definition) is 2. The fraction of sp³-hybridized carbons (Fsp3) is 0.640. The van der Waals surface area contributed by atoms with Crippen LogP contribution in [0.2, 0.25) is 0 Å². The average Bonchev–Trinajstić information content (AvgIpc) is 3.09. The van der Waals surface area contributed by atoms with Gasteiger partial charge in [-0.05, 0) is 57.6 Å². The lowest BCUT2D eigenvalue weighted by atomic mass is 9.88. The average molecular weight is 463 g/mol. The van der Waals surface area contributed by atoms with Crippen LogP contribution in [-0.2, 0) is 14.3 Å². The maximum Gasteiger partial charge on any atom is 0.309 e. The topological polar surface area (TPSA) is 103 Å². The molecule has 0 aromatic carbocycles. The minimum Gasteiger partial charge on any atom is -0.456 e. The van der Waals surface area contributed by atoms with Gasteiger partial charge in [-0.15, -0.1) is 11.3 Å².